The van der Waals surface area contributed by atoms with E-state index >= 15 is 0 Å². The van der Waals surface area contributed by atoms with Crippen LogP contribution in [0.15, 0.2) is 73.1 Å². The van der Waals surface area contributed by atoms with Crippen LogP contribution < -0.4 is 4.74 Å². The number of hydrogen-bond acceptors (Lipinski definition) is 4. The molecule has 0 saturated carbocycles. The Morgan fingerprint density at radius 2 is 1.81 bits per heavy atom. The quantitative estimate of drug-likeness (QED) is 0.319. The van der Waals surface area contributed by atoms with E-state index in [-0.39, 0.29) is 0 Å². The Labute approximate surface area is 188 Å². The third-order valence-electron chi connectivity index (χ3n) is 5.77. The first kappa shape index (κ1) is 18.8. The first-order valence-corrected chi connectivity index (χ1v) is 11.2. The van der Waals surface area contributed by atoms with Gasteiger partial charge in [-0.05, 0) is 55.0 Å². The maximum Gasteiger partial charge on any atom is 0.137 e. The van der Waals surface area contributed by atoms with Crippen molar-refractivity contribution in [2.45, 2.75) is 6.92 Å². The smallest absolute Gasteiger partial charge is 0.137 e. The van der Waals surface area contributed by atoms with Gasteiger partial charge in [-0.2, -0.15) is 5.10 Å². The number of H-pyrrole nitrogens is 2. The SMILES string of the molecule is COc1cncc(-c2ccc3[nH]nc(-c4cc5c(-c6ccc(C)s6)cccc5[nH]4)c3c2)c1. The van der Waals surface area contributed by atoms with Crippen LogP contribution in [0.25, 0.3) is 54.8 Å². The second-order valence-electron chi connectivity index (χ2n) is 7.81. The topological polar surface area (TPSA) is 66.6 Å². The number of aromatic amines is 2. The van der Waals surface area contributed by atoms with Gasteiger partial charge in [-0.3, -0.25) is 10.1 Å². The van der Waals surface area contributed by atoms with E-state index < -0.39 is 0 Å². The molecule has 0 radical (unpaired) electrons. The number of pyridine rings is 1. The lowest BCUT2D eigenvalue weighted by atomic mass is 10.0. The fourth-order valence-corrected chi connectivity index (χ4v) is 5.07. The van der Waals surface area contributed by atoms with Crippen LogP contribution in [0.2, 0.25) is 0 Å². The number of aryl methyl sites for hydroxylation is 1. The Hall–Kier alpha value is -3.90. The highest BCUT2D eigenvalue weighted by atomic mass is 32.1. The summed E-state index contributed by atoms with van der Waals surface area (Å²) >= 11 is 1.82. The standard InChI is InChI=1S/C26H20N4OS/c1-15-6-9-25(32-15)19-4-3-5-22-20(19)12-24(28-22)26-21-11-16(7-8-23(21)29-30-26)17-10-18(31-2)14-27-13-17/h3-14,28H,1-2H3,(H,29,30). The highest BCUT2D eigenvalue weighted by Crippen LogP contribution is 2.37. The number of fused-ring (bicyclic) bond motifs is 2. The summed E-state index contributed by atoms with van der Waals surface area (Å²) in [5, 5.41) is 10.1. The molecular weight excluding hydrogens is 416 g/mol. The largest absolute Gasteiger partial charge is 0.495 e. The number of nitrogens with zero attached hydrogens (tertiary/aromatic N) is 2. The molecule has 32 heavy (non-hydrogen) atoms. The van der Waals surface area contributed by atoms with Crippen molar-refractivity contribution < 1.29 is 4.74 Å². The number of aromatic nitrogens is 4. The summed E-state index contributed by atoms with van der Waals surface area (Å²) in [5.74, 6) is 0.738. The molecule has 0 saturated heterocycles. The van der Waals surface area contributed by atoms with Gasteiger partial charge in [0.05, 0.1) is 24.5 Å². The number of thiophene rings is 1. The Bertz CT molecular complexity index is 1590. The summed E-state index contributed by atoms with van der Waals surface area (Å²) in [5.41, 5.74) is 7.31. The number of methoxy groups -OCH3 is 1. The van der Waals surface area contributed by atoms with Gasteiger partial charge in [-0.1, -0.05) is 18.2 Å². The van der Waals surface area contributed by atoms with E-state index in [0.717, 1.165) is 44.7 Å². The molecular formula is C26H20N4OS. The molecule has 2 N–H and O–H groups in total. The van der Waals surface area contributed by atoms with E-state index in [1.54, 1.807) is 13.3 Å². The fourth-order valence-electron chi connectivity index (χ4n) is 4.16. The number of nitrogens with one attached hydrogen (secondary N) is 2. The van der Waals surface area contributed by atoms with Crippen LogP contribution in [0.4, 0.5) is 0 Å². The maximum atomic E-state index is 5.34. The lowest BCUT2D eigenvalue weighted by molar-refractivity contribution is 0.413. The summed E-state index contributed by atoms with van der Waals surface area (Å²) in [6.45, 7) is 2.14. The fraction of sp³-hybridized carbons (Fsp3) is 0.0769. The summed E-state index contributed by atoms with van der Waals surface area (Å²) in [6.07, 6.45) is 3.56. The minimum absolute atomic E-state index is 0.738. The first-order valence-electron chi connectivity index (χ1n) is 10.4. The monoisotopic (exact) mass is 436 g/mol. The van der Waals surface area contributed by atoms with Crippen LogP contribution in [0.3, 0.4) is 0 Å². The summed E-state index contributed by atoms with van der Waals surface area (Å²) < 4.78 is 5.34. The number of rotatable bonds is 4. The summed E-state index contributed by atoms with van der Waals surface area (Å²) in [6, 6.07) is 21.2. The third kappa shape index (κ3) is 3.08. The molecule has 5 nitrogen and oxygen atoms in total. The van der Waals surface area contributed by atoms with Crippen molar-refractivity contribution in [2.75, 3.05) is 7.11 Å². The van der Waals surface area contributed by atoms with Gasteiger partial charge in [0.2, 0.25) is 0 Å². The average Bonchev–Trinajstić information content (AvgIpc) is 3.55. The third-order valence-corrected chi connectivity index (χ3v) is 6.80. The summed E-state index contributed by atoms with van der Waals surface area (Å²) in [4.78, 5) is 10.5. The van der Waals surface area contributed by atoms with Gasteiger partial charge in [-0.15, -0.1) is 11.3 Å². The van der Waals surface area contributed by atoms with Crippen LogP contribution in [0.5, 0.6) is 5.75 Å². The van der Waals surface area contributed by atoms with Gasteiger partial charge < -0.3 is 9.72 Å². The lowest BCUT2D eigenvalue weighted by Gasteiger charge is -2.04. The first-order chi connectivity index (χ1) is 15.7. The second kappa shape index (κ2) is 7.35. The minimum Gasteiger partial charge on any atom is -0.495 e. The highest BCUT2D eigenvalue weighted by molar-refractivity contribution is 7.15. The Morgan fingerprint density at radius 3 is 2.66 bits per heavy atom. The average molecular weight is 437 g/mol. The predicted octanol–water partition coefficient (Wildman–Crippen LogP) is 6.82. The van der Waals surface area contributed by atoms with Crippen molar-refractivity contribution in [2.24, 2.45) is 0 Å². The lowest BCUT2D eigenvalue weighted by Crippen LogP contribution is -1.86. The van der Waals surface area contributed by atoms with Crippen molar-refractivity contribution in [1.82, 2.24) is 20.2 Å². The van der Waals surface area contributed by atoms with E-state index in [1.807, 2.05) is 23.6 Å². The second-order valence-corrected chi connectivity index (χ2v) is 9.09. The van der Waals surface area contributed by atoms with Crippen molar-refractivity contribution in [3.8, 4) is 38.7 Å². The zero-order chi connectivity index (χ0) is 21.7. The maximum absolute atomic E-state index is 5.34. The molecule has 0 spiro atoms. The Kier molecular flexibility index (Phi) is 4.33. The van der Waals surface area contributed by atoms with Gasteiger partial charge in [0.1, 0.15) is 11.4 Å². The number of benzene rings is 2. The van der Waals surface area contributed by atoms with Gasteiger partial charge in [0.25, 0.3) is 0 Å². The molecule has 6 heteroatoms. The van der Waals surface area contributed by atoms with Gasteiger partial charge in [0, 0.05) is 43.4 Å². The highest BCUT2D eigenvalue weighted by Gasteiger charge is 2.15. The molecule has 0 atom stereocenters. The molecule has 0 aliphatic carbocycles. The van der Waals surface area contributed by atoms with Crippen LogP contribution >= 0.6 is 11.3 Å². The molecule has 156 valence electrons. The van der Waals surface area contributed by atoms with Crippen LogP contribution in [-0.4, -0.2) is 27.3 Å². The number of hydrogen-bond donors (Lipinski definition) is 2. The molecule has 4 heterocycles. The Balaban J connectivity index is 1.49. The summed E-state index contributed by atoms with van der Waals surface area (Å²) in [7, 11) is 1.65. The minimum atomic E-state index is 0.738. The van der Waals surface area contributed by atoms with Gasteiger partial charge >= 0.3 is 0 Å². The molecule has 2 aromatic carbocycles. The van der Waals surface area contributed by atoms with Gasteiger partial charge in [-0.25, -0.2) is 0 Å². The van der Waals surface area contributed by atoms with Crippen LogP contribution in [0, 0.1) is 6.92 Å². The van der Waals surface area contributed by atoms with Gasteiger partial charge in [0.15, 0.2) is 0 Å². The molecule has 4 aromatic heterocycles. The van der Waals surface area contributed by atoms with Crippen molar-refractivity contribution >= 4 is 33.1 Å². The van der Waals surface area contributed by atoms with E-state index in [9.17, 15) is 0 Å². The predicted molar refractivity (Wildman–Crippen MR) is 131 cm³/mol. The van der Waals surface area contributed by atoms with E-state index in [4.69, 9.17) is 4.74 Å². The molecule has 6 aromatic rings. The van der Waals surface area contributed by atoms with E-state index in [1.165, 1.54) is 20.7 Å². The molecule has 0 aliphatic heterocycles. The molecule has 0 unspecified atom stereocenters. The molecule has 0 bridgehead atoms. The molecule has 6 rings (SSSR count). The van der Waals surface area contributed by atoms with Crippen molar-refractivity contribution in [3.63, 3.8) is 0 Å². The van der Waals surface area contributed by atoms with Crippen molar-refractivity contribution in [3.05, 3.63) is 77.9 Å². The zero-order valence-corrected chi connectivity index (χ0v) is 18.5. The zero-order valence-electron chi connectivity index (χ0n) is 17.6. The van der Waals surface area contributed by atoms with E-state index in [2.05, 4.69) is 81.7 Å². The van der Waals surface area contributed by atoms with Crippen LogP contribution in [-0.2, 0) is 0 Å². The van der Waals surface area contributed by atoms with Crippen molar-refractivity contribution in [1.29, 1.82) is 0 Å². The normalized spacial score (nSPS) is 11.4. The molecule has 0 aliphatic rings. The Morgan fingerprint density at radius 1 is 0.875 bits per heavy atom. The van der Waals surface area contributed by atoms with Crippen LogP contribution in [0.1, 0.15) is 4.88 Å². The molecule has 0 fully saturated rings. The molecule has 0 amide bonds. The number of ether oxygens (including phenoxy) is 1. The van der Waals surface area contributed by atoms with E-state index in [0.29, 0.717) is 0 Å².